The number of anilines is 3. The molecule has 0 bridgehead atoms. The molecule has 0 unspecified atom stereocenters. The first-order valence-electron chi connectivity index (χ1n) is 5.62. The Balaban J connectivity index is 2.42. The molecule has 1 heterocycles. The summed E-state index contributed by atoms with van der Waals surface area (Å²) in [6.07, 6.45) is 1.27. The van der Waals surface area contributed by atoms with Gasteiger partial charge in [-0.15, -0.1) is 0 Å². The minimum Gasteiger partial charge on any atom is -0.367 e. The number of hydrogen-bond donors (Lipinski definition) is 2. The molecule has 2 rings (SSSR count). The fourth-order valence-corrected chi connectivity index (χ4v) is 1.69. The molecule has 0 aliphatic rings. The first-order valence-corrected chi connectivity index (χ1v) is 5.62. The van der Waals surface area contributed by atoms with E-state index < -0.39 is 4.92 Å². The summed E-state index contributed by atoms with van der Waals surface area (Å²) in [6.45, 7) is 1.94. The van der Waals surface area contributed by atoms with E-state index in [1.165, 1.54) is 6.33 Å². The molecule has 7 heteroatoms. The fraction of sp³-hybridized carbons (Fsp3) is 0.167. The number of aryl methyl sites for hydroxylation is 1. The van der Waals surface area contributed by atoms with Crippen molar-refractivity contribution in [3.8, 4) is 0 Å². The van der Waals surface area contributed by atoms with Gasteiger partial charge in [0.1, 0.15) is 6.33 Å². The van der Waals surface area contributed by atoms with Gasteiger partial charge >= 0.3 is 5.69 Å². The Kier molecular flexibility index (Phi) is 3.56. The summed E-state index contributed by atoms with van der Waals surface area (Å²) in [5.74, 6) is 0.338. The maximum atomic E-state index is 11.1. The van der Waals surface area contributed by atoms with Crippen LogP contribution in [0.1, 0.15) is 5.56 Å². The first kappa shape index (κ1) is 12.7. The van der Waals surface area contributed by atoms with E-state index in [-0.39, 0.29) is 17.3 Å². The summed E-state index contributed by atoms with van der Waals surface area (Å²) >= 11 is 0. The molecule has 0 aliphatic heterocycles. The normalized spacial score (nSPS) is 10.0. The highest BCUT2D eigenvalue weighted by molar-refractivity contribution is 5.73. The lowest BCUT2D eigenvalue weighted by molar-refractivity contribution is -0.383. The standard InChI is InChI=1S/C12H13N5O2/c1-8-4-3-5-9(6-8)16-12-10(17(18)19)11(13-2)14-7-15-12/h3-7H,1-2H3,(H2,13,14,15,16). The largest absolute Gasteiger partial charge is 0.367 e. The monoisotopic (exact) mass is 259 g/mol. The molecule has 1 aromatic heterocycles. The van der Waals surface area contributed by atoms with Gasteiger partial charge in [0.05, 0.1) is 4.92 Å². The summed E-state index contributed by atoms with van der Waals surface area (Å²) in [5, 5.41) is 16.7. The lowest BCUT2D eigenvalue weighted by atomic mass is 10.2. The van der Waals surface area contributed by atoms with Crippen LogP contribution in [0.15, 0.2) is 30.6 Å². The van der Waals surface area contributed by atoms with Gasteiger partial charge in [0.15, 0.2) is 0 Å². The molecular formula is C12H13N5O2. The molecule has 2 aromatic rings. The SMILES string of the molecule is CNc1ncnc(Nc2cccc(C)c2)c1[N+](=O)[O-]. The van der Waals surface area contributed by atoms with Crippen molar-refractivity contribution < 1.29 is 4.92 Å². The highest BCUT2D eigenvalue weighted by atomic mass is 16.6. The Labute approximate surface area is 109 Å². The summed E-state index contributed by atoms with van der Waals surface area (Å²) < 4.78 is 0. The van der Waals surface area contributed by atoms with Gasteiger partial charge in [-0.05, 0) is 24.6 Å². The first-order chi connectivity index (χ1) is 9.11. The molecule has 0 amide bonds. The molecule has 0 radical (unpaired) electrons. The van der Waals surface area contributed by atoms with Gasteiger partial charge in [0.25, 0.3) is 0 Å². The van der Waals surface area contributed by atoms with Crippen molar-refractivity contribution >= 4 is 23.0 Å². The third kappa shape index (κ3) is 2.76. The summed E-state index contributed by atoms with van der Waals surface area (Å²) in [4.78, 5) is 18.4. The maximum Gasteiger partial charge on any atom is 0.353 e. The highest BCUT2D eigenvalue weighted by Gasteiger charge is 2.22. The van der Waals surface area contributed by atoms with E-state index in [9.17, 15) is 10.1 Å². The molecule has 0 saturated carbocycles. The lowest BCUT2D eigenvalue weighted by Gasteiger charge is -2.08. The number of benzene rings is 1. The van der Waals surface area contributed by atoms with Crippen LogP contribution in [-0.2, 0) is 0 Å². The van der Waals surface area contributed by atoms with Crippen molar-refractivity contribution in [2.75, 3.05) is 17.7 Å². The van der Waals surface area contributed by atoms with Gasteiger partial charge in [-0.25, -0.2) is 9.97 Å². The van der Waals surface area contributed by atoms with Crippen LogP contribution in [0.5, 0.6) is 0 Å². The Morgan fingerprint density at radius 2 is 2.00 bits per heavy atom. The number of aromatic nitrogens is 2. The Hall–Kier alpha value is -2.70. The molecule has 0 saturated heterocycles. The van der Waals surface area contributed by atoms with Crippen LogP contribution in [0.4, 0.5) is 23.0 Å². The van der Waals surface area contributed by atoms with E-state index >= 15 is 0 Å². The second-order valence-corrected chi connectivity index (χ2v) is 3.92. The molecule has 7 nitrogen and oxygen atoms in total. The minimum atomic E-state index is -0.510. The lowest BCUT2D eigenvalue weighted by Crippen LogP contribution is -2.05. The van der Waals surface area contributed by atoms with E-state index in [4.69, 9.17) is 0 Å². The molecular weight excluding hydrogens is 246 g/mol. The van der Waals surface area contributed by atoms with Crippen molar-refractivity contribution in [1.29, 1.82) is 0 Å². The van der Waals surface area contributed by atoms with Crippen LogP contribution in [-0.4, -0.2) is 21.9 Å². The van der Waals surface area contributed by atoms with Gasteiger partial charge in [0, 0.05) is 12.7 Å². The summed E-state index contributed by atoms with van der Waals surface area (Å²) in [6, 6.07) is 7.50. The quantitative estimate of drug-likeness (QED) is 0.647. The summed E-state index contributed by atoms with van der Waals surface area (Å²) in [7, 11) is 1.58. The number of hydrogen-bond acceptors (Lipinski definition) is 6. The molecule has 19 heavy (non-hydrogen) atoms. The van der Waals surface area contributed by atoms with Crippen molar-refractivity contribution in [2.45, 2.75) is 6.92 Å². The molecule has 2 N–H and O–H groups in total. The van der Waals surface area contributed by atoms with Crippen LogP contribution >= 0.6 is 0 Å². The van der Waals surface area contributed by atoms with Crippen LogP contribution in [0, 0.1) is 17.0 Å². The minimum absolute atomic E-state index is 0.162. The highest BCUT2D eigenvalue weighted by Crippen LogP contribution is 2.30. The number of nitro groups is 1. The van der Waals surface area contributed by atoms with Gasteiger partial charge < -0.3 is 10.6 Å². The van der Waals surface area contributed by atoms with Crippen LogP contribution in [0.25, 0.3) is 0 Å². The van der Waals surface area contributed by atoms with Gasteiger partial charge in [-0.1, -0.05) is 12.1 Å². The van der Waals surface area contributed by atoms with E-state index in [1.54, 1.807) is 7.05 Å². The zero-order valence-electron chi connectivity index (χ0n) is 10.5. The maximum absolute atomic E-state index is 11.1. The predicted molar refractivity (Wildman–Crippen MR) is 72.7 cm³/mol. The third-order valence-electron chi connectivity index (χ3n) is 2.52. The average molecular weight is 259 g/mol. The number of nitrogens with one attached hydrogen (secondary N) is 2. The van der Waals surface area contributed by atoms with E-state index in [0.717, 1.165) is 11.3 Å². The van der Waals surface area contributed by atoms with Crippen molar-refractivity contribution in [2.24, 2.45) is 0 Å². The van der Waals surface area contributed by atoms with Crippen LogP contribution in [0.3, 0.4) is 0 Å². The van der Waals surface area contributed by atoms with Gasteiger partial charge in [-0.3, -0.25) is 10.1 Å². The van der Waals surface area contributed by atoms with Crippen molar-refractivity contribution in [1.82, 2.24) is 9.97 Å². The molecule has 0 spiro atoms. The Bertz CT molecular complexity index is 615. The van der Waals surface area contributed by atoms with Gasteiger partial charge in [-0.2, -0.15) is 0 Å². The molecule has 0 atom stereocenters. The summed E-state index contributed by atoms with van der Waals surface area (Å²) in [5.41, 5.74) is 1.62. The van der Waals surface area contributed by atoms with Crippen LogP contribution < -0.4 is 10.6 Å². The zero-order chi connectivity index (χ0) is 13.8. The van der Waals surface area contributed by atoms with E-state index in [0.29, 0.717) is 0 Å². The molecule has 98 valence electrons. The van der Waals surface area contributed by atoms with Crippen LogP contribution in [0.2, 0.25) is 0 Å². The smallest absolute Gasteiger partial charge is 0.353 e. The van der Waals surface area contributed by atoms with E-state index in [2.05, 4.69) is 20.6 Å². The number of rotatable bonds is 4. The van der Waals surface area contributed by atoms with Crippen molar-refractivity contribution in [3.63, 3.8) is 0 Å². The second kappa shape index (κ2) is 5.30. The topological polar surface area (TPSA) is 93.0 Å². The van der Waals surface area contributed by atoms with E-state index in [1.807, 2.05) is 31.2 Å². The predicted octanol–water partition coefficient (Wildman–Crippen LogP) is 2.48. The molecule has 0 aliphatic carbocycles. The van der Waals surface area contributed by atoms with Gasteiger partial charge in [0.2, 0.25) is 11.6 Å². The third-order valence-corrected chi connectivity index (χ3v) is 2.52. The Morgan fingerprint density at radius 3 is 2.63 bits per heavy atom. The zero-order valence-corrected chi connectivity index (χ0v) is 10.5. The van der Waals surface area contributed by atoms with Crippen molar-refractivity contribution in [3.05, 3.63) is 46.3 Å². The average Bonchev–Trinajstić information content (AvgIpc) is 2.38. The number of nitrogens with zero attached hydrogens (tertiary/aromatic N) is 3. The Morgan fingerprint density at radius 1 is 1.26 bits per heavy atom. The molecule has 0 fully saturated rings. The second-order valence-electron chi connectivity index (χ2n) is 3.92. The molecule has 1 aromatic carbocycles. The fourth-order valence-electron chi connectivity index (χ4n) is 1.69.